The molecule has 2 heterocycles. The van der Waals surface area contributed by atoms with Gasteiger partial charge >= 0.3 is 0 Å². The first kappa shape index (κ1) is 12.3. The summed E-state index contributed by atoms with van der Waals surface area (Å²) in [6.07, 6.45) is 4.33. The molecule has 0 aromatic rings. The number of likely N-dealkylation sites (tertiary alicyclic amines) is 1. The van der Waals surface area contributed by atoms with Crippen LogP contribution in [0.5, 0.6) is 0 Å². The van der Waals surface area contributed by atoms with Crippen LogP contribution in [0, 0.1) is 0 Å². The second-order valence-electron chi connectivity index (χ2n) is 5.00. The Labute approximate surface area is 97.5 Å². The van der Waals surface area contributed by atoms with E-state index in [-0.39, 0.29) is 12.7 Å². The van der Waals surface area contributed by atoms with Crippen molar-refractivity contribution in [2.45, 2.75) is 44.5 Å². The fourth-order valence-corrected chi connectivity index (χ4v) is 2.47. The molecule has 2 atom stereocenters. The standard InChI is InChI=1S/C12H23NO3/c1-12(5-8-13-6-2-3-7-13)15-10-11(16-12)4-9-14/h11,14H,2-10H2,1H3. The Morgan fingerprint density at radius 2 is 2.12 bits per heavy atom. The number of hydrogen-bond acceptors (Lipinski definition) is 4. The van der Waals surface area contributed by atoms with E-state index in [4.69, 9.17) is 14.6 Å². The molecule has 2 saturated heterocycles. The molecule has 0 aromatic carbocycles. The highest BCUT2D eigenvalue weighted by Crippen LogP contribution is 2.28. The van der Waals surface area contributed by atoms with Crippen LogP contribution in [0.15, 0.2) is 0 Å². The molecule has 2 aliphatic heterocycles. The van der Waals surface area contributed by atoms with Crippen molar-refractivity contribution < 1.29 is 14.6 Å². The third kappa shape index (κ3) is 3.17. The molecule has 0 amide bonds. The van der Waals surface area contributed by atoms with Gasteiger partial charge in [0.25, 0.3) is 0 Å². The third-order valence-electron chi connectivity index (χ3n) is 3.52. The Kier molecular flexibility index (Phi) is 4.19. The summed E-state index contributed by atoms with van der Waals surface area (Å²) < 4.78 is 11.5. The largest absolute Gasteiger partial charge is 0.396 e. The Balaban J connectivity index is 1.71. The smallest absolute Gasteiger partial charge is 0.167 e. The first-order valence-electron chi connectivity index (χ1n) is 6.37. The summed E-state index contributed by atoms with van der Waals surface area (Å²) in [4.78, 5) is 2.47. The molecule has 2 aliphatic rings. The van der Waals surface area contributed by atoms with Crippen LogP contribution in [0.25, 0.3) is 0 Å². The molecule has 0 aliphatic carbocycles. The number of aliphatic hydroxyl groups excluding tert-OH is 1. The van der Waals surface area contributed by atoms with Gasteiger partial charge in [-0.1, -0.05) is 0 Å². The Morgan fingerprint density at radius 1 is 1.38 bits per heavy atom. The maximum Gasteiger partial charge on any atom is 0.167 e. The highest BCUT2D eigenvalue weighted by molar-refractivity contribution is 4.77. The van der Waals surface area contributed by atoms with Gasteiger partial charge in [-0.05, 0) is 39.3 Å². The minimum atomic E-state index is -0.428. The zero-order valence-corrected chi connectivity index (χ0v) is 10.2. The van der Waals surface area contributed by atoms with Crippen molar-refractivity contribution >= 4 is 0 Å². The minimum Gasteiger partial charge on any atom is -0.396 e. The van der Waals surface area contributed by atoms with Crippen molar-refractivity contribution in [1.29, 1.82) is 0 Å². The van der Waals surface area contributed by atoms with Gasteiger partial charge in [0.2, 0.25) is 0 Å². The molecule has 0 aromatic heterocycles. The van der Waals surface area contributed by atoms with Crippen LogP contribution < -0.4 is 0 Å². The topological polar surface area (TPSA) is 41.9 Å². The summed E-state index contributed by atoms with van der Waals surface area (Å²) in [6.45, 7) is 6.31. The number of aliphatic hydroxyl groups is 1. The van der Waals surface area contributed by atoms with Crippen LogP contribution >= 0.6 is 0 Å². The maximum atomic E-state index is 8.86. The van der Waals surface area contributed by atoms with Crippen LogP contribution in [-0.2, 0) is 9.47 Å². The summed E-state index contributed by atoms with van der Waals surface area (Å²) in [7, 11) is 0. The van der Waals surface area contributed by atoms with Crippen LogP contribution in [0.3, 0.4) is 0 Å². The van der Waals surface area contributed by atoms with Crippen molar-refractivity contribution in [2.24, 2.45) is 0 Å². The molecule has 0 bridgehead atoms. The number of hydrogen-bond donors (Lipinski definition) is 1. The lowest BCUT2D eigenvalue weighted by molar-refractivity contribution is -0.161. The summed E-state index contributed by atoms with van der Waals surface area (Å²) in [5, 5.41) is 8.86. The fourth-order valence-electron chi connectivity index (χ4n) is 2.47. The van der Waals surface area contributed by atoms with Gasteiger partial charge in [-0.25, -0.2) is 0 Å². The van der Waals surface area contributed by atoms with Gasteiger partial charge < -0.3 is 19.5 Å². The molecule has 2 fully saturated rings. The van der Waals surface area contributed by atoms with Crippen LogP contribution in [0.4, 0.5) is 0 Å². The van der Waals surface area contributed by atoms with Crippen molar-refractivity contribution in [3.05, 3.63) is 0 Å². The van der Waals surface area contributed by atoms with Gasteiger partial charge in [0.05, 0.1) is 12.7 Å². The van der Waals surface area contributed by atoms with Crippen molar-refractivity contribution in [3.8, 4) is 0 Å². The van der Waals surface area contributed by atoms with E-state index >= 15 is 0 Å². The first-order chi connectivity index (χ1) is 7.72. The Bertz CT molecular complexity index is 218. The lowest BCUT2D eigenvalue weighted by atomic mass is 10.2. The molecule has 4 nitrogen and oxygen atoms in total. The van der Waals surface area contributed by atoms with Gasteiger partial charge in [-0.15, -0.1) is 0 Å². The van der Waals surface area contributed by atoms with E-state index in [0.717, 1.165) is 13.0 Å². The lowest BCUT2D eigenvalue weighted by Crippen LogP contribution is -2.33. The molecule has 2 unspecified atom stereocenters. The Hall–Kier alpha value is -0.160. The Morgan fingerprint density at radius 3 is 2.81 bits per heavy atom. The van der Waals surface area contributed by atoms with Gasteiger partial charge in [0.1, 0.15) is 0 Å². The highest BCUT2D eigenvalue weighted by Gasteiger charge is 2.36. The van der Waals surface area contributed by atoms with Crippen molar-refractivity contribution in [3.63, 3.8) is 0 Å². The maximum absolute atomic E-state index is 8.86. The quantitative estimate of drug-likeness (QED) is 0.763. The van der Waals surface area contributed by atoms with Crippen molar-refractivity contribution in [2.75, 3.05) is 32.8 Å². The van der Waals surface area contributed by atoms with E-state index in [1.165, 1.54) is 25.9 Å². The third-order valence-corrected chi connectivity index (χ3v) is 3.52. The molecule has 94 valence electrons. The van der Waals surface area contributed by atoms with Crippen LogP contribution in [0.1, 0.15) is 32.6 Å². The van der Waals surface area contributed by atoms with Gasteiger partial charge in [0, 0.05) is 19.6 Å². The van der Waals surface area contributed by atoms with Crippen molar-refractivity contribution in [1.82, 2.24) is 4.90 Å². The van der Waals surface area contributed by atoms with Gasteiger partial charge in [0.15, 0.2) is 5.79 Å². The summed E-state index contributed by atoms with van der Waals surface area (Å²) in [6, 6.07) is 0. The summed E-state index contributed by atoms with van der Waals surface area (Å²) in [5.41, 5.74) is 0. The number of ether oxygens (including phenoxy) is 2. The average molecular weight is 229 g/mol. The minimum absolute atomic E-state index is 0.0774. The zero-order valence-electron chi connectivity index (χ0n) is 10.2. The average Bonchev–Trinajstić information content (AvgIpc) is 2.87. The molecule has 1 N–H and O–H groups in total. The summed E-state index contributed by atoms with van der Waals surface area (Å²) >= 11 is 0. The van der Waals surface area contributed by atoms with E-state index < -0.39 is 5.79 Å². The van der Waals surface area contributed by atoms with E-state index in [9.17, 15) is 0 Å². The molecule has 2 rings (SSSR count). The van der Waals surface area contributed by atoms with E-state index in [1.807, 2.05) is 6.92 Å². The van der Waals surface area contributed by atoms with Crippen LogP contribution in [0.2, 0.25) is 0 Å². The molecular formula is C12H23NO3. The first-order valence-corrected chi connectivity index (χ1v) is 6.37. The lowest BCUT2D eigenvalue weighted by Gasteiger charge is -2.26. The van der Waals surface area contributed by atoms with E-state index in [2.05, 4.69) is 4.90 Å². The SMILES string of the molecule is CC1(CCN2CCCC2)OCC(CCO)O1. The molecule has 16 heavy (non-hydrogen) atoms. The predicted octanol–water partition coefficient (Wildman–Crippen LogP) is 0.986. The zero-order chi connectivity index (χ0) is 11.4. The van der Waals surface area contributed by atoms with E-state index in [1.54, 1.807) is 0 Å². The monoisotopic (exact) mass is 229 g/mol. The van der Waals surface area contributed by atoms with Crippen LogP contribution in [-0.4, -0.2) is 54.7 Å². The second-order valence-corrected chi connectivity index (χ2v) is 5.00. The molecule has 0 spiro atoms. The highest BCUT2D eigenvalue weighted by atomic mass is 16.7. The summed E-state index contributed by atoms with van der Waals surface area (Å²) in [5.74, 6) is -0.428. The normalized spacial score (nSPS) is 36.0. The second kappa shape index (κ2) is 5.45. The number of nitrogens with zero attached hydrogens (tertiary/aromatic N) is 1. The van der Waals surface area contributed by atoms with Gasteiger partial charge in [-0.3, -0.25) is 0 Å². The molecule has 0 saturated carbocycles. The number of rotatable bonds is 5. The van der Waals surface area contributed by atoms with Gasteiger partial charge in [-0.2, -0.15) is 0 Å². The van der Waals surface area contributed by atoms with E-state index in [0.29, 0.717) is 13.0 Å². The molecular weight excluding hydrogens is 206 g/mol. The fraction of sp³-hybridized carbons (Fsp3) is 1.00. The molecule has 0 radical (unpaired) electrons. The predicted molar refractivity (Wildman–Crippen MR) is 61.2 cm³/mol. The molecule has 4 heteroatoms.